The molecule has 0 saturated carbocycles. The van der Waals surface area contributed by atoms with E-state index in [2.05, 4.69) is 49.2 Å². The number of benzene rings is 3. The molecule has 0 bridgehead atoms. The van der Waals surface area contributed by atoms with Gasteiger partial charge in [0.25, 0.3) is 0 Å². The van der Waals surface area contributed by atoms with E-state index in [0.29, 0.717) is 46.2 Å². The van der Waals surface area contributed by atoms with Crippen LogP contribution in [0, 0.1) is 12.3 Å². The predicted molar refractivity (Wildman–Crippen MR) is 203 cm³/mol. The van der Waals surface area contributed by atoms with Gasteiger partial charge in [0.1, 0.15) is 11.7 Å². The van der Waals surface area contributed by atoms with E-state index in [1.165, 1.54) is 57.8 Å². The van der Waals surface area contributed by atoms with Gasteiger partial charge in [-0.25, -0.2) is 0 Å². The zero-order valence-electron chi connectivity index (χ0n) is 30.5. The summed E-state index contributed by atoms with van der Waals surface area (Å²) in [5.74, 6) is 2.72. The van der Waals surface area contributed by atoms with E-state index in [1.807, 2.05) is 54.6 Å². The topological polar surface area (TPSA) is 66.4 Å². The molecule has 0 saturated heterocycles. The summed E-state index contributed by atoms with van der Waals surface area (Å²) in [5, 5.41) is 10.3. The van der Waals surface area contributed by atoms with Crippen LogP contribution in [0.1, 0.15) is 101 Å². The summed E-state index contributed by atoms with van der Waals surface area (Å²) in [6.07, 6.45) is 19.2. The predicted octanol–water partition coefficient (Wildman–Crippen LogP) is 9.13. The molecule has 0 aliphatic heterocycles. The summed E-state index contributed by atoms with van der Waals surface area (Å²) >= 11 is 0. The van der Waals surface area contributed by atoms with E-state index in [0.717, 1.165) is 36.0 Å². The fourth-order valence-electron chi connectivity index (χ4n) is 6.22. The molecule has 0 radical (unpaired) electrons. The number of rotatable bonds is 30. The summed E-state index contributed by atoms with van der Waals surface area (Å²) < 4.78 is 29.9. The lowest BCUT2D eigenvalue weighted by Gasteiger charge is -2.36. The first-order valence-electron chi connectivity index (χ1n) is 19.0. The van der Waals surface area contributed by atoms with Crippen LogP contribution in [-0.4, -0.2) is 70.2 Å². The highest BCUT2D eigenvalue weighted by atomic mass is 16.6. The molecule has 3 aromatic carbocycles. The maximum absolute atomic E-state index is 10.3. The summed E-state index contributed by atoms with van der Waals surface area (Å²) in [6.45, 7) is 5.31. The van der Waals surface area contributed by atoms with Gasteiger partial charge >= 0.3 is 0 Å². The molecular formula is C44H62O6. The van der Waals surface area contributed by atoms with Crippen molar-refractivity contribution in [1.82, 2.24) is 0 Å². The Kier molecular flexibility index (Phi) is 22.1. The zero-order valence-corrected chi connectivity index (χ0v) is 30.5. The van der Waals surface area contributed by atoms with Gasteiger partial charge in [0, 0.05) is 6.42 Å². The Bertz CT molecular complexity index is 1150. The third-order valence-electron chi connectivity index (χ3n) is 8.97. The fourth-order valence-corrected chi connectivity index (χ4v) is 6.22. The first-order chi connectivity index (χ1) is 24.7. The van der Waals surface area contributed by atoms with Crippen LogP contribution in [0.3, 0.4) is 0 Å². The van der Waals surface area contributed by atoms with Crippen LogP contribution < -0.4 is 0 Å². The molecule has 50 heavy (non-hydrogen) atoms. The zero-order chi connectivity index (χ0) is 35.4. The van der Waals surface area contributed by atoms with Crippen LogP contribution in [0.2, 0.25) is 0 Å². The fraction of sp³-hybridized carbons (Fsp3) is 0.545. The molecule has 2 unspecified atom stereocenters. The van der Waals surface area contributed by atoms with Crippen LogP contribution in [0.15, 0.2) is 91.0 Å². The average Bonchev–Trinajstić information content (AvgIpc) is 3.16. The minimum absolute atomic E-state index is 0.195. The van der Waals surface area contributed by atoms with Crippen LogP contribution in [-0.2, 0) is 29.3 Å². The van der Waals surface area contributed by atoms with Gasteiger partial charge in [0.05, 0.1) is 59.0 Å². The van der Waals surface area contributed by atoms with Crippen molar-refractivity contribution < 1.29 is 28.8 Å². The average molecular weight is 687 g/mol. The van der Waals surface area contributed by atoms with Crippen molar-refractivity contribution >= 4 is 0 Å². The monoisotopic (exact) mass is 686 g/mol. The van der Waals surface area contributed by atoms with Gasteiger partial charge in [0.15, 0.2) is 0 Å². The molecule has 1 N–H and O–H groups in total. The number of aliphatic hydroxyl groups is 1. The lowest BCUT2D eigenvalue weighted by Crippen LogP contribution is -2.34. The van der Waals surface area contributed by atoms with Crippen LogP contribution in [0.4, 0.5) is 0 Å². The highest BCUT2D eigenvalue weighted by Crippen LogP contribution is 2.40. The Balaban J connectivity index is 1.22. The minimum atomic E-state index is -0.753. The Labute approximate surface area is 302 Å². The second-order valence-corrected chi connectivity index (χ2v) is 12.9. The Morgan fingerprint density at radius 2 is 1.02 bits per heavy atom. The van der Waals surface area contributed by atoms with Crippen molar-refractivity contribution in [3.8, 4) is 12.3 Å². The van der Waals surface area contributed by atoms with E-state index < -0.39 is 11.7 Å². The molecule has 0 aliphatic carbocycles. The first kappa shape index (κ1) is 41.4. The van der Waals surface area contributed by atoms with Crippen LogP contribution in [0.25, 0.3) is 0 Å². The number of hydrogen-bond acceptors (Lipinski definition) is 6. The van der Waals surface area contributed by atoms with Gasteiger partial charge in [-0.15, -0.1) is 12.3 Å². The maximum atomic E-state index is 10.3. The molecular weight excluding hydrogens is 624 g/mol. The highest BCUT2D eigenvalue weighted by Gasteiger charge is 2.37. The molecule has 3 rings (SSSR count). The molecule has 0 heterocycles. The lowest BCUT2D eigenvalue weighted by molar-refractivity contribution is -0.0591. The van der Waals surface area contributed by atoms with Crippen molar-refractivity contribution in [1.29, 1.82) is 0 Å². The number of hydrogen-bond donors (Lipinski definition) is 1. The summed E-state index contributed by atoms with van der Waals surface area (Å²) in [6, 6.07) is 31.0. The molecule has 0 fully saturated rings. The third kappa shape index (κ3) is 15.9. The van der Waals surface area contributed by atoms with Gasteiger partial charge in [-0.2, -0.15) is 0 Å². The van der Waals surface area contributed by atoms with Crippen LogP contribution in [0.5, 0.6) is 0 Å². The summed E-state index contributed by atoms with van der Waals surface area (Å²) in [5.41, 5.74) is 2.45. The molecule has 0 spiro atoms. The van der Waals surface area contributed by atoms with E-state index in [4.69, 9.17) is 30.1 Å². The largest absolute Gasteiger partial charge is 0.388 e. The highest BCUT2D eigenvalue weighted by molar-refractivity contribution is 5.47. The van der Waals surface area contributed by atoms with Crippen molar-refractivity contribution in [3.63, 3.8) is 0 Å². The van der Waals surface area contributed by atoms with Gasteiger partial charge < -0.3 is 28.8 Å². The van der Waals surface area contributed by atoms with Gasteiger partial charge in [0.2, 0.25) is 0 Å². The normalized spacial score (nSPS) is 12.8. The maximum Gasteiger partial charge on any atom is 0.143 e. The Morgan fingerprint density at radius 1 is 0.580 bits per heavy atom. The SMILES string of the molecule is C#CCCCCCCCCCCCC(CC)OCC(O)COCCOCCOCCOC(c1ccccc1)(c1ccccc1)c1ccccc1. The molecule has 6 nitrogen and oxygen atoms in total. The number of terminal acetylenes is 1. The summed E-state index contributed by atoms with van der Waals surface area (Å²) in [7, 11) is 0. The number of unbranched alkanes of at least 4 members (excludes halogenated alkanes) is 9. The smallest absolute Gasteiger partial charge is 0.143 e. The molecule has 6 heteroatoms. The Morgan fingerprint density at radius 3 is 1.50 bits per heavy atom. The Hall–Kier alpha value is -3.02. The number of ether oxygens (including phenoxy) is 5. The number of aliphatic hydroxyl groups excluding tert-OH is 1. The van der Waals surface area contributed by atoms with Crippen molar-refractivity contribution in [3.05, 3.63) is 108 Å². The quantitative estimate of drug-likeness (QED) is 0.0429. The minimum Gasteiger partial charge on any atom is -0.388 e. The molecule has 3 aromatic rings. The van der Waals surface area contributed by atoms with Crippen molar-refractivity contribution in [2.45, 2.75) is 102 Å². The van der Waals surface area contributed by atoms with Gasteiger partial charge in [-0.1, -0.05) is 149 Å². The standard InChI is InChI=1S/C44H62O6/c1-3-5-6-7-8-9-10-11-12-13-23-30-43(4-2)49-38-42(45)37-48-34-33-46-31-32-47-35-36-50-44(39-24-17-14-18-25-39,40-26-19-15-20-27-40)41-28-21-16-22-29-41/h1,14-22,24-29,42-43,45H,4-13,23,30-38H2,2H3. The molecule has 0 aliphatic rings. The van der Waals surface area contributed by atoms with E-state index in [1.54, 1.807) is 0 Å². The van der Waals surface area contributed by atoms with Crippen molar-refractivity contribution in [2.24, 2.45) is 0 Å². The second kappa shape index (κ2) is 26.7. The van der Waals surface area contributed by atoms with Crippen molar-refractivity contribution in [2.75, 3.05) is 52.9 Å². The molecule has 0 aromatic heterocycles. The molecule has 2 atom stereocenters. The van der Waals surface area contributed by atoms with E-state index in [9.17, 15) is 5.11 Å². The van der Waals surface area contributed by atoms with Gasteiger partial charge in [-0.05, 0) is 36.0 Å². The summed E-state index contributed by atoms with van der Waals surface area (Å²) in [4.78, 5) is 0. The lowest BCUT2D eigenvalue weighted by atomic mass is 9.80. The second-order valence-electron chi connectivity index (χ2n) is 12.9. The van der Waals surface area contributed by atoms with Gasteiger partial charge in [-0.3, -0.25) is 0 Å². The third-order valence-corrected chi connectivity index (χ3v) is 8.97. The van der Waals surface area contributed by atoms with Crippen LogP contribution >= 0.6 is 0 Å². The first-order valence-corrected chi connectivity index (χ1v) is 19.0. The molecule has 274 valence electrons. The van der Waals surface area contributed by atoms with E-state index in [-0.39, 0.29) is 12.7 Å². The molecule has 0 amide bonds. The van der Waals surface area contributed by atoms with E-state index >= 15 is 0 Å².